The van der Waals surface area contributed by atoms with Gasteiger partial charge in [-0.15, -0.1) is 0 Å². The van der Waals surface area contributed by atoms with Crippen molar-refractivity contribution in [1.29, 1.82) is 0 Å². The van der Waals surface area contributed by atoms with E-state index in [4.69, 9.17) is 11.5 Å². The minimum absolute atomic E-state index is 0.662. The molecule has 2 nitrogen and oxygen atoms in total. The Balaban J connectivity index is 1.36. The monoisotopic (exact) mass is 574 g/mol. The molecule has 0 aliphatic carbocycles. The van der Waals surface area contributed by atoms with Gasteiger partial charge >= 0.3 is 0 Å². The third-order valence-electron chi connectivity index (χ3n) is 9.08. The average molecular weight is 575 g/mol. The van der Waals surface area contributed by atoms with E-state index < -0.39 is 0 Å². The predicted molar refractivity (Wildman–Crippen MR) is 188 cm³/mol. The van der Waals surface area contributed by atoms with Crippen LogP contribution in [-0.4, -0.2) is 0 Å². The highest BCUT2D eigenvalue weighted by atomic mass is 14.5. The second kappa shape index (κ2) is 16.9. The molecule has 4 aromatic carbocycles. The lowest BCUT2D eigenvalue weighted by Gasteiger charge is -2.18. The van der Waals surface area contributed by atoms with Crippen LogP contribution in [0.2, 0.25) is 0 Å². The van der Waals surface area contributed by atoms with E-state index in [2.05, 4.69) is 93.6 Å². The molecule has 43 heavy (non-hydrogen) atoms. The zero-order chi connectivity index (χ0) is 30.4. The number of rotatable bonds is 17. The van der Waals surface area contributed by atoms with Crippen molar-refractivity contribution in [3.63, 3.8) is 0 Å². The van der Waals surface area contributed by atoms with Crippen LogP contribution in [0.25, 0.3) is 0 Å². The van der Waals surface area contributed by atoms with Crippen LogP contribution < -0.4 is 11.5 Å². The van der Waals surface area contributed by atoms with E-state index in [1.54, 1.807) is 0 Å². The van der Waals surface area contributed by atoms with E-state index in [0.29, 0.717) is 5.92 Å². The Morgan fingerprint density at radius 2 is 0.884 bits per heavy atom. The smallest absolute Gasteiger partial charge is 0.0316 e. The van der Waals surface area contributed by atoms with Gasteiger partial charge in [0, 0.05) is 11.4 Å². The fraction of sp³-hybridized carbons (Fsp3) is 0.415. The number of nitrogen functional groups attached to an aromatic ring is 2. The molecule has 0 amide bonds. The van der Waals surface area contributed by atoms with Crippen LogP contribution in [-0.2, 0) is 25.7 Å². The van der Waals surface area contributed by atoms with Crippen LogP contribution in [0, 0.1) is 19.8 Å². The number of benzene rings is 4. The van der Waals surface area contributed by atoms with Gasteiger partial charge < -0.3 is 11.5 Å². The largest absolute Gasteiger partial charge is 0.399 e. The number of unbranched alkanes of at least 4 members (excludes halogenated alkanes) is 7. The van der Waals surface area contributed by atoms with Gasteiger partial charge in [-0.3, -0.25) is 0 Å². The van der Waals surface area contributed by atoms with Gasteiger partial charge in [-0.2, -0.15) is 0 Å². The normalized spacial score (nSPS) is 11.3. The first-order valence-corrected chi connectivity index (χ1v) is 16.7. The summed E-state index contributed by atoms with van der Waals surface area (Å²) in [7, 11) is 0. The third-order valence-corrected chi connectivity index (χ3v) is 9.08. The first-order chi connectivity index (χ1) is 20.9. The van der Waals surface area contributed by atoms with Gasteiger partial charge in [-0.25, -0.2) is 0 Å². The van der Waals surface area contributed by atoms with Gasteiger partial charge in [-0.05, 0) is 121 Å². The molecule has 2 heteroatoms. The van der Waals surface area contributed by atoms with Gasteiger partial charge in [0.15, 0.2) is 0 Å². The van der Waals surface area contributed by atoms with Gasteiger partial charge in [0.25, 0.3) is 0 Å². The van der Waals surface area contributed by atoms with Crippen molar-refractivity contribution < 1.29 is 0 Å². The molecule has 0 radical (unpaired) electrons. The quantitative estimate of drug-likeness (QED) is 0.0973. The summed E-state index contributed by atoms with van der Waals surface area (Å²) in [4.78, 5) is 0. The molecule has 0 atom stereocenters. The van der Waals surface area contributed by atoms with Crippen molar-refractivity contribution in [2.75, 3.05) is 11.5 Å². The summed E-state index contributed by atoms with van der Waals surface area (Å²) in [5.41, 5.74) is 24.5. The van der Waals surface area contributed by atoms with Gasteiger partial charge in [-0.1, -0.05) is 119 Å². The first kappa shape index (κ1) is 32.4. The van der Waals surface area contributed by atoms with E-state index in [1.165, 1.54) is 102 Å². The third kappa shape index (κ3) is 10.9. The first-order valence-electron chi connectivity index (χ1n) is 16.7. The number of anilines is 2. The van der Waals surface area contributed by atoms with Gasteiger partial charge in [0.2, 0.25) is 0 Å². The second-order valence-electron chi connectivity index (χ2n) is 12.9. The molecule has 0 aromatic heterocycles. The summed E-state index contributed by atoms with van der Waals surface area (Å²) in [6.07, 6.45) is 16.5. The molecule has 0 unspecified atom stereocenters. The van der Waals surface area contributed by atoms with Crippen molar-refractivity contribution in [2.45, 2.75) is 104 Å². The second-order valence-corrected chi connectivity index (χ2v) is 12.9. The Morgan fingerprint density at radius 1 is 0.488 bits per heavy atom. The minimum atomic E-state index is 0.662. The summed E-state index contributed by atoms with van der Waals surface area (Å²) < 4.78 is 0. The van der Waals surface area contributed by atoms with Crippen LogP contribution in [0.3, 0.4) is 0 Å². The van der Waals surface area contributed by atoms with Crippen LogP contribution in [0.5, 0.6) is 0 Å². The van der Waals surface area contributed by atoms with E-state index >= 15 is 0 Å². The molecule has 4 rings (SSSR count). The maximum atomic E-state index is 5.96. The highest BCUT2D eigenvalue weighted by Crippen LogP contribution is 2.24. The highest BCUT2D eigenvalue weighted by Gasteiger charge is 2.12. The Hall–Kier alpha value is -3.52. The molecule has 0 aliphatic rings. The van der Waals surface area contributed by atoms with E-state index in [1.807, 2.05) is 12.1 Å². The van der Waals surface area contributed by atoms with Crippen LogP contribution in [0.1, 0.15) is 109 Å². The molecule has 0 fully saturated rings. The molecule has 4 N–H and O–H groups in total. The Labute approximate surface area is 261 Å². The summed E-state index contributed by atoms with van der Waals surface area (Å²) in [5.74, 6) is 0.662. The molecular weight excluding hydrogens is 520 g/mol. The zero-order valence-electron chi connectivity index (χ0n) is 27.0. The van der Waals surface area contributed by atoms with Crippen molar-refractivity contribution >= 4 is 11.4 Å². The van der Waals surface area contributed by atoms with Crippen molar-refractivity contribution in [3.05, 3.63) is 129 Å². The van der Waals surface area contributed by atoms with Gasteiger partial charge in [0.05, 0.1) is 0 Å². The minimum Gasteiger partial charge on any atom is -0.399 e. The van der Waals surface area contributed by atoms with Crippen molar-refractivity contribution in [3.8, 4) is 0 Å². The molecule has 0 heterocycles. The standard InChI is InChI=1S/C41H54N2/c1-4-5-6-7-8-9-10-11-12-37(27-33-13-17-35(18-14-33)29-38-21-23-40(42)25-31(38)2)28-34-15-19-36(20-16-34)30-39-22-24-41(43)26-32(39)3/h13-26,37H,4-12,27-30,42-43H2,1-3H3. The van der Waals surface area contributed by atoms with Gasteiger partial charge in [0.1, 0.15) is 0 Å². The van der Waals surface area contributed by atoms with E-state index in [-0.39, 0.29) is 0 Å². The average Bonchev–Trinajstić information content (AvgIpc) is 2.99. The maximum Gasteiger partial charge on any atom is 0.0316 e. The maximum absolute atomic E-state index is 5.96. The molecule has 0 spiro atoms. The molecule has 4 aromatic rings. The number of aryl methyl sites for hydroxylation is 2. The van der Waals surface area contributed by atoms with E-state index in [9.17, 15) is 0 Å². The number of hydrogen-bond acceptors (Lipinski definition) is 2. The van der Waals surface area contributed by atoms with Crippen molar-refractivity contribution in [1.82, 2.24) is 0 Å². The SMILES string of the molecule is CCCCCCCCCCC(Cc1ccc(Cc2ccc(N)cc2C)cc1)Cc1ccc(Cc2ccc(N)cc2C)cc1. The molecule has 0 saturated carbocycles. The predicted octanol–water partition coefficient (Wildman–Crippen LogP) is 10.6. The molecule has 0 bridgehead atoms. The Bertz CT molecular complexity index is 1290. The lowest BCUT2D eigenvalue weighted by atomic mass is 9.87. The topological polar surface area (TPSA) is 52.0 Å². The van der Waals surface area contributed by atoms with Crippen molar-refractivity contribution in [2.24, 2.45) is 5.92 Å². The number of nitrogens with two attached hydrogens (primary N) is 2. The van der Waals surface area contributed by atoms with Crippen LogP contribution in [0.4, 0.5) is 11.4 Å². The summed E-state index contributed by atoms with van der Waals surface area (Å²) in [6.45, 7) is 6.60. The lowest BCUT2D eigenvalue weighted by molar-refractivity contribution is 0.444. The fourth-order valence-electron chi connectivity index (χ4n) is 6.37. The van der Waals surface area contributed by atoms with E-state index in [0.717, 1.165) is 37.1 Å². The Morgan fingerprint density at radius 3 is 1.30 bits per heavy atom. The molecule has 228 valence electrons. The fourth-order valence-corrected chi connectivity index (χ4v) is 6.37. The van der Waals surface area contributed by atoms with Crippen LogP contribution >= 0.6 is 0 Å². The summed E-state index contributed by atoms with van der Waals surface area (Å²) in [5, 5.41) is 0. The lowest BCUT2D eigenvalue weighted by Crippen LogP contribution is -2.09. The molecule has 0 saturated heterocycles. The highest BCUT2D eigenvalue weighted by molar-refractivity contribution is 5.46. The number of hydrogen-bond donors (Lipinski definition) is 2. The summed E-state index contributed by atoms with van der Waals surface area (Å²) >= 11 is 0. The van der Waals surface area contributed by atoms with Crippen LogP contribution in [0.15, 0.2) is 84.9 Å². The zero-order valence-corrected chi connectivity index (χ0v) is 27.0. The molecule has 0 aliphatic heterocycles. The summed E-state index contributed by atoms with van der Waals surface area (Å²) in [6, 6.07) is 31.3. The molecular formula is C41H54N2. The Kier molecular flexibility index (Phi) is 12.8.